The van der Waals surface area contributed by atoms with E-state index in [-0.39, 0.29) is 11.8 Å². The fraction of sp³-hybridized carbons (Fsp3) is 0.636. The molecule has 0 saturated heterocycles. The predicted octanol–water partition coefficient (Wildman–Crippen LogP) is 1.30. The zero-order chi connectivity index (χ0) is 11.1. The lowest BCUT2D eigenvalue weighted by Gasteiger charge is -2.14. The van der Waals surface area contributed by atoms with Crippen molar-refractivity contribution in [1.82, 2.24) is 15.3 Å². The molecule has 0 fully saturated rings. The molecule has 0 aliphatic rings. The Bertz CT molecular complexity index is 282. The van der Waals surface area contributed by atoms with Crippen LogP contribution in [0.3, 0.4) is 0 Å². The van der Waals surface area contributed by atoms with E-state index in [2.05, 4.69) is 22.2 Å². The maximum Gasteiger partial charge on any atom is 0.147 e. The second kappa shape index (κ2) is 6.35. The Kier molecular flexibility index (Phi) is 5.04. The van der Waals surface area contributed by atoms with Gasteiger partial charge in [0.25, 0.3) is 0 Å². The van der Waals surface area contributed by atoms with Crippen LogP contribution in [0.1, 0.15) is 32.4 Å². The fourth-order valence-electron chi connectivity index (χ4n) is 1.43. The van der Waals surface area contributed by atoms with Crippen LogP contribution in [-0.4, -0.2) is 28.3 Å². The van der Waals surface area contributed by atoms with E-state index in [4.69, 9.17) is 0 Å². The molecule has 0 saturated carbocycles. The number of unbranched alkanes of at least 4 members (excludes halogenated alkanes) is 1. The van der Waals surface area contributed by atoms with Gasteiger partial charge in [0.1, 0.15) is 5.78 Å². The minimum Gasteiger partial charge on any atom is -0.348 e. The average molecular weight is 209 g/mol. The molecule has 1 aromatic rings. The van der Waals surface area contributed by atoms with Crippen molar-refractivity contribution < 1.29 is 4.79 Å². The number of rotatable bonds is 7. The first kappa shape index (κ1) is 11.9. The van der Waals surface area contributed by atoms with Crippen LogP contribution in [0, 0.1) is 0 Å². The van der Waals surface area contributed by atoms with Gasteiger partial charge in [-0.25, -0.2) is 4.98 Å². The van der Waals surface area contributed by atoms with Gasteiger partial charge in [-0.1, -0.05) is 13.3 Å². The summed E-state index contributed by atoms with van der Waals surface area (Å²) in [6.07, 6.45) is 6.34. The maximum absolute atomic E-state index is 11.4. The molecule has 0 bridgehead atoms. The first-order valence-electron chi connectivity index (χ1n) is 5.45. The Labute approximate surface area is 90.5 Å². The Balaban J connectivity index is 2.40. The van der Waals surface area contributed by atoms with Crippen molar-refractivity contribution in [2.24, 2.45) is 0 Å². The van der Waals surface area contributed by atoms with E-state index in [0.717, 1.165) is 25.1 Å². The van der Waals surface area contributed by atoms with Gasteiger partial charge < -0.3 is 10.3 Å². The van der Waals surface area contributed by atoms with Gasteiger partial charge >= 0.3 is 0 Å². The number of aromatic amines is 1. The summed E-state index contributed by atoms with van der Waals surface area (Å²) in [5.41, 5.74) is 0.999. The summed E-state index contributed by atoms with van der Waals surface area (Å²) in [4.78, 5) is 18.3. The number of hydrogen-bond donors (Lipinski definition) is 2. The van der Waals surface area contributed by atoms with Gasteiger partial charge in [-0.2, -0.15) is 0 Å². The topological polar surface area (TPSA) is 57.8 Å². The quantitative estimate of drug-likeness (QED) is 0.665. The van der Waals surface area contributed by atoms with Crippen molar-refractivity contribution >= 4 is 5.78 Å². The highest BCUT2D eigenvalue weighted by Crippen LogP contribution is 2.00. The van der Waals surface area contributed by atoms with Crippen LogP contribution >= 0.6 is 0 Å². The number of carbonyl (C=O) groups is 1. The largest absolute Gasteiger partial charge is 0.348 e. The molecule has 15 heavy (non-hydrogen) atoms. The first-order valence-corrected chi connectivity index (χ1v) is 5.45. The van der Waals surface area contributed by atoms with Crippen molar-refractivity contribution in [3.63, 3.8) is 0 Å². The van der Waals surface area contributed by atoms with Crippen LogP contribution in [0.2, 0.25) is 0 Å². The molecule has 0 spiro atoms. The standard InChI is InChI=1S/C11H19N3O/c1-3-4-5-13-11(9(2)15)6-10-7-12-8-14-10/h7-8,11,13H,3-6H2,1-2H3,(H,12,14)/t11-/m0/s1. The number of carbonyl (C=O) groups excluding carboxylic acids is 1. The van der Waals surface area contributed by atoms with Gasteiger partial charge in [-0.15, -0.1) is 0 Å². The van der Waals surface area contributed by atoms with Gasteiger partial charge in [-0.3, -0.25) is 4.79 Å². The predicted molar refractivity (Wildman–Crippen MR) is 59.7 cm³/mol. The second-order valence-corrected chi connectivity index (χ2v) is 3.75. The Hall–Kier alpha value is -1.16. The molecule has 0 radical (unpaired) electrons. The molecule has 0 amide bonds. The second-order valence-electron chi connectivity index (χ2n) is 3.75. The number of imidazole rings is 1. The summed E-state index contributed by atoms with van der Waals surface area (Å²) in [6.45, 7) is 4.66. The smallest absolute Gasteiger partial charge is 0.147 e. The molecule has 4 nitrogen and oxygen atoms in total. The van der Waals surface area contributed by atoms with Crippen LogP contribution < -0.4 is 5.32 Å². The van der Waals surface area contributed by atoms with E-state index in [1.807, 2.05) is 0 Å². The first-order chi connectivity index (χ1) is 7.24. The maximum atomic E-state index is 11.4. The lowest BCUT2D eigenvalue weighted by Crippen LogP contribution is -2.37. The number of Topliss-reactive ketones (excluding diaryl/α,β-unsaturated/α-hetero) is 1. The fourth-order valence-corrected chi connectivity index (χ4v) is 1.43. The molecule has 0 aromatic carbocycles. The summed E-state index contributed by atoms with van der Waals surface area (Å²) in [5, 5.41) is 3.26. The molecule has 0 aliphatic heterocycles. The van der Waals surface area contributed by atoms with Gasteiger partial charge in [0.2, 0.25) is 0 Å². The zero-order valence-corrected chi connectivity index (χ0v) is 9.42. The minimum atomic E-state index is -0.0861. The summed E-state index contributed by atoms with van der Waals surface area (Å²) in [6, 6.07) is -0.0861. The highest BCUT2D eigenvalue weighted by Gasteiger charge is 2.14. The zero-order valence-electron chi connectivity index (χ0n) is 9.42. The normalized spacial score (nSPS) is 12.7. The summed E-state index contributed by atoms with van der Waals surface area (Å²) < 4.78 is 0. The van der Waals surface area contributed by atoms with Gasteiger partial charge in [0.05, 0.1) is 12.4 Å². The molecule has 1 heterocycles. The third kappa shape index (κ3) is 4.25. The molecular formula is C11H19N3O. The van der Waals surface area contributed by atoms with Crippen LogP contribution in [0.5, 0.6) is 0 Å². The van der Waals surface area contributed by atoms with Crippen LogP contribution in [0.25, 0.3) is 0 Å². The number of aromatic nitrogens is 2. The third-order valence-corrected chi connectivity index (χ3v) is 2.39. The average Bonchev–Trinajstić information content (AvgIpc) is 2.69. The van der Waals surface area contributed by atoms with E-state index >= 15 is 0 Å². The molecule has 2 N–H and O–H groups in total. The third-order valence-electron chi connectivity index (χ3n) is 2.39. The SMILES string of the molecule is CCCCN[C@@H](Cc1cnc[nH]1)C(C)=O. The van der Waals surface area contributed by atoms with Gasteiger partial charge in [0, 0.05) is 18.3 Å². The van der Waals surface area contributed by atoms with E-state index < -0.39 is 0 Å². The van der Waals surface area contributed by atoms with Crippen molar-refractivity contribution in [3.8, 4) is 0 Å². The van der Waals surface area contributed by atoms with E-state index in [9.17, 15) is 4.79 Å². The van der Waals surface area contributed by atoms with E-state index in [1.165, 1.54) is 0 Å². The Morgan fingerprint density at radius 1 is 1.67 bits per heavy atom. The molecule has 1 atom stereocenters. The Morgan fingerprint density at radius 2 is 2.47 bits per heavy atom. The molecular weight excluding hydrogens is 190 g/mol. The van der Waals surface area contributed by atoms with Gasteiger partial charge in [-0.05, 0) is 19.9 Å². The minimum absolute atomic E-state index is 0.0861. The van der Waals surface area contributed by atoms with Crippen LogP contribution in [0.15, 0.2) is 12.5 Å². The molecule has 84 valence electrons. The molecule has 4 heteroatoms. The number of hydrogen-bond acceptors (Lipinski definition) is 3. The number of ketones is 1. The summed E-state index contributed by atoms with van der Waals surface area (Å²) in [5.74, 6) is 0.181. The van der Waals surface area contributed by atoms with Crippen LogP contribution in [-0.2, 0) is 11.2 Å². The Morgan fingerprint density at radius 3 is 3.00 bits per heavy atom. The van der Waals surface area contributed by atoms with Gasteiger partial charge in [0.15, 0.2) is 0 Å². The van der Waals surface area contributed by atoms with E-state index in [1.54, 1.807) is 19.4 Å². The molecule has 1 rings (SSSR count). The highest BCUT2D eigenvalue weighted by atomic mass is 16.1. The number of nitrogens with zero attached hydrogens (tertiary/aromatic N) is 1. The van der Waals surface area contributed by atoms with Crippen molar-refractivity contribution in [2.75, 3.05) is 6.54 Å². The molecule has 0 aliphatic carbocycles. The van der Waals surface area contributed by atoms with E-state index in [0.29, 0.717) is 6.42 Å². The van der Waals surface area contributed by atoms with Crippen molar-refractivity contribution in [2.45, 2.75) is 39.2 Å². The van der Waals surface area contributed by atoms with Crippen molar-refractivity contribution in [3.05, 3.63) is 18.2 Å². The van der Waals surface area contributed by atoms with Crippen LogP contribution in [0.4, 0.5) is 0 Å². The van der Waals surface area contributed by atoms with Crippen molar-refractivity contribution in [1.29, 1.82) is 0 Å². The highest BCUT2D eigenvalue weighted by molar-refractivity contribution is 5.81. The lowest BCUT2D eigenvalue weighted by atomic mass is 10.1. The molecule has 0 unspecified atom stereocenters. The summed E-state index contributed by atoms with van der Waals surface area (Å²) >= 11 is 0. The monoisotopic (exact) mass is 209 g/mol. The number of H-pyrrole nitrogens is 1. The molecule has 1 aromatic heterocycles. The summed E-state index contributed by atoms with van der Waals surface area (Å²) in [7, 11) is 0. The number of nitrogens with one attached hydrogen (secondary N) is 2. The lowest BCUT2D eigenvalue weighted by molar-refractivity contribution is -0.119.